The number of carbonyl (C=O) groups excluding carboxylic acids is 1. The largest absolute Gasteiger partial charge is 0.508 e. The van der Waals surface area contributed by atoms with Crippen molar-refractivity contribution >= 4 is 23.6 Å². The molecule has 2 aromatic carbocycles. The molecular formula is C26H33N3O4. The predicted octanol–water partition coefficient (Wildman–Crippen LogP) is 3.21. The molecule has 0 spiro atoms. The number of phenols is 1. The molecular weight excluding hydrogens is 418 g/mol. The molecule has 2 atom stereocenters. The van der Waals surface area contributed by atoms with Gasteiger partial charge in [0.1, 0.15) is 11.8 Å². The molecule has 2 unspecified atom stereocenters. The Morgan fingerprint density at radius 1 is 1.03 bits per heavy atom. The molecule has 0 radical (unpaired) electrons. The van der Waals surface area contributed by atoms with Crippen LogP contribution >= 0.6 is 0 Å². The lowest BCUT2D eigenvalue weighted by Gasteiger charge is -2.36. The highest BCUT2D eigenvalue weighted by atomic mass is 16.4. The van der Waals surface area contributed by atoms with Gasteiger partial charge in [-0.25, -0.2) is 4.79 Å². The highest BCUT2D eigenvalue weighted by Crippen LogP contribution is 2.20. The smallest absolute Gasteiger partial charge is 0.326 e. The molecule has 7 nitrogen and oxygen atoms in total. The molecule has 7 heteroatoms. The van der Waals surface area contributed by atoms with E-state index in [1.54, 1.807) is 12.1 Å². The van der Waals surface area contributed by atoms with Crippen molar-refractivity contribution in [3.05, 3.63) is 65.7 Å². The van der Waals surface area contributed by atoms with Crippen molar-refractivity contribution in [1.29, 1.82) is 0 Å². The van der Waals surface area contributed by atoms with Crippen molar-refractivity contribution in [2.45, 2.75) is 26.3 Å². The van der Waals surface area contributed by atoms with Crippen LogP contribution in [0.3, 0.4) is 0 Å². The van der Waals surface area contributed by atoms with Crippen LogP contribution in [0.4, 0.5) is 5.69 Å². The highest BCUT2D eigenvalue weighted by Gasteiger charge is 2.27. The van der Waals surface area contributed by atoms with Gasteiger partial charge in [-0.05, 0) is 41.8 Å². The van der Waals surface area contributed by atoms with Crippen molar-refractivity contribution in [1.82, 2.24) is 10.2 Å². The van der Waals surface area contributed by atoms with Crippen LogP contribution < -0.4 is 10.2 Å². The van der Waals surface area contributed by atoms with Gasteiger partial charge in [-0.2, -0.15) is 0 Å². The Bertz CT molecular complexity index is 951. The average Bonchev–Trinajstić information content (AvgIpc) is 2.83. The van der Waals surface area contributed by atoms with Crippen molar-refractivity contribution in [2.24, 2.45) is 5.92 Å². The van der Waals surface area contributed by atoms with E-state index in [0.29, 0.717) is 18.5 Å². The number of hydrogen-bond acceptors (Lipinski definition) is 5. The molecule has 0 saturated carbocycles. The third-order valence-corrected chi connectivity index (χ3v) is 6.18. The van der Waals surface area contributed by atoms with Crippen LogP contribution in [0, 0.1) is 5.92 Å². The molecule has 33 heavy (non-hydrogen) atoms. The summed E-state index contributed by atoms with van der Waals surface area (Å²) in [5.74, 6) is -1.28. The standard InChI is InChI=1S/C26H33N3O4/c1-3-19(2)24(26(32)33)27-25(31)21(17-20-7-5-4-6-8-20)18-28-13-15-29(16-14-28)22-9-11-23(30)12-10-22/h4-12,17,19,24,30H,3,13-16,18H2,1-2H3,(H,27,31)(H,32,33)/b21-17+. The van der Waals surface area contributed by atoms with Gasteiger partial charge in [0.2, 0.25) is 5.91 Å². The summed E-state index contributed by atoms with van der Waals surface area (Å²) in [4.78, 5) is 29.4. The van der Waals surface area contributed by atoms with Gasteiger partial charge < -0.3 is 20.4 Å². The SMILES string of the molecule is CCC(C)C(NC(=O)/C(=C/c1ccccc1)CN1CCN(c2ccc(O)cc2)CC1)C(=O)O. The van der Waals surface area contributed by atoms with Crippen LogP contribution in [-0.2, 0) is 9.59 Å². The Morgan fingerprint density at radius 2 is 1.67 bits per heavy atom. The van der Waals surface area contributed by atoms with Crippen LogP contribution in [0.15, 0.2) is 60.2 Å². The predicted molar refractivity (Wildman–Crippen MR) is 130 cm³/mol. The second-order valence-corrected chi connectivity index (χ2v) is 8.53. The topological polar surface area (TPSA) is 93.1 Å². The van der Waals surface area contributed by atoms with E-state index in [-0.39, 0.29) is 17.6 Å². The monoisotopic (exact) mass is 451 g/mol. The second kappa shape index (κ2) is 11.5. The van der Waals surface area contributed by atoms with E-state index in [0.717, 1.165) is 37.4 Å². The first kappa shape index (κ1) is 24.3. The van der Waals surface area contributed by atoms with Crippen LogP contribution in [0.1, 0.15) is 25.8 Å². The van der Waals surface area contributed by atoms with Gasteiger partial charge >= 0.3 is 5.97 Å². The number of hydrogen-bond donors (Lipinski definition) is 3. The normalized spacial score (nSPS) is 16.8. The molecule has 3 rings (SSSR count). The van der Waals surface area contributed by atoms with Gasteiger partial charge in [-0.3, -0.25) is 9.69 Å². The number of amides is 1. The molecule has 1 amide bonds. The first-order chi connectivity index (χ1) is 15.9. The van der Waals surface area contributed by atoms with E-state index < -0.39 is 12.0 Å². The number of aromatic hydroxyl groups is 1. The number of nitrogens with zero attached hydrogens (tertiary/aromatic N) is 2. The molecule has 1 aliphatic heterocycles. The Labute approximate surface area is 195 Å². The Balaban J connectivity index is 1.71. The third-order valence-electron chi connectivity index (χ3n) is 6.18. The number of carbonyl (C=O) groups is 2. The van der Waals surface area contributed by atoms with E-state index in [1.807, 2.05) is 62.4 Å². The van der Waals surface area contributed by atoms with Crippen LogP contribution in [0.25, 0.3) is 6.08 Å². The molecule has 176 valence electrons. The summed E-state index contributed by atoms with van der Waals surface area (Å²) in [5, 5.41) is 21.9. The number of carboxylic acids is 1. The van der Waals surface area contributed by atoms with E-state index in [4.69, 9.17) is 0 Å². The van der Waals surface area contributed by atoms with Gasteiger partial charge in [-0.15, -0.1) is 0 Å². The van der Waals surface area contributed by atoms with E-state index >= 15 is 0 Å². The lowest BCUT2D eigenvalue weighted by atomic mass is 9.98. The lowest BCUT2D eigenvalue weighted by molar-refractivity contribution is -0.142. The minimum atomic E-state index is -1.01. The zero-order chi connectivity index (χ0) is 23.8. The van der Waals surface area contributed by atoms with Gasteiger partial charge in [0.15, 0.2) is 0 Å². The van der Waals surface area contributed by atoms with Crippen LogP contribution in [0.5, 0.6) is 5.75 Å². The van der Waals surface area contributed by atoms with Crippen molar-refractivity contribution in [3.63, 3.8) is 0 Å². The van der Waals surface area contributed by atoms with Gasteiger partial charge in [-0.1, -0.05) is 50.6 Å². The van der Waals surface area contributed by atoms with Crippen molar-refractivity contribution in [2.75, 3.05) is 37.6 Å². The number of rotatable bonds is 9. The number of aliphatic carboxylic acids is 1. The molecule has 1 heterocycles. The van der Waals surface area contributed by atoms with Gasteiger partial charge in [0.05, 0.1) is 0 Å². The zero-order valence-electron chi connectivity index (χ0n) is 19.3. The molecule has 3 N–H and O–H groups in total. The summed E-state index contributed by atoms with van der Waals surface area (Å²) in [5.41, 5.74) is 2.51. The molecule has 0 aromatic heterocycles. The Hall–Kier alpha value is -3.32. The number of nitrogens with one attached hydrogen (secondary N) is 1. The summed E-state index contributed by atoms with van der Waals surface area (Å²) in [6.45, 7) is 7.34. The van der Waals surface area contributed by atoms with E-state index in [9.17, 15) is 19.8 Å². The minimum absolute atomic E-state index is 0.168. The fourth-order valence-corrected chi connectivity index (χ4v) is 3.92. The zero-order valence-corrected chi connectivity index (χ0v) is 19.3. The summed E-state index contributed by atoms with van der Waals surface area (Å²) >= 11 is 0. The molecule has 1 saturated heterocycles. The average molecular weight is 452 g/mol. The minimum Gasteiger partial charge on any atom is -0.508 e. The molecule has 1 aliphatic rings. The summed E-state index contributed by atoms with van der Waals surface area (Å²) in [6, 6.07) is 15.9. The lowest BCUT2D eigenvalue weighted by Crippen LogP contribution is -2.49. The number of benzene rings is 2. The fraction of sp³-hybridized carbons (Fsp3) is 0.385. The molecule has 0 bridgehead atoms. The Morgan fingerprint density at radius 3 is 2.24 bits per heavy atom. The first-order valence-electron chi connectivity index (χ1n) is 11.4. The number of carboxylic acid groups (broad SMARTS) is 1. The first-order valence-corrected chi connectivity index (χ1v) is 11.4. The molecule has 0 aliphatic carbocycles. The van der Waals surface area contributed by atoms with Gasteiger partial charge in [0.25, 0.3) is 0 Å². The second-order valence-electron chi connectivity index (χ2n) is 8.53. The highest BCUT2D eigenvalue weighted by molar-refractivity contribution is 6.00. The molecule has 1 fully saturated rings. The van der Waals surface area contributed by atoms with Crippen molar-refractivity contribution < 1.29 is 19.8 Å². The van der Waals surface area contributed by atoms with E-state index in [2.05, 4.69) is 15.1 Å². The van der Waals surface area contributed by atoms with Crippen LogP contribution in [0.2, 0.25) is 0 Å². The van der Waals surface area contributed by atoms with Crippen molar-refractivity contribution in [3.8, 4) is 5.75 Å². The fourth-order valence-electron chi connectivity index (χ4n) is 3.92. The number of piperazine rings is 1. The third kappa shape index (κ3) is 6.83. The maximum Gasteiger partial charge on any atom is 0.326 e. The number of anilines is 1. The summed E-state index contributed by atoms with van der Waals surface area (Å²) in [6.07, 6.45) is 2.51. The summed E-state index contributed by atoms with van der Waals surface area (Å²) in [7, 11) is 0. The molecule has 2 aromatic rings. The quantitative estimate of drug-likeness (QED) is 0.507. The van der Waals surface area contributed by atoms with Crippen LogP contribution in [-0.4, -0.2) is 65.8 Å². The summed E-state index contributed by atoms with van der Waals surface area (Å²) < 4.78 is 0. The maximum atomic E-state index is 13.2. The maximum absolute atomic E-state index is 13.2. The van der Waals surface area contributed by atoms with E-state index in [1.165, 1.54) is 0 Å². The number of phenolic OH excluding ortho intramolecular Hbond substituents is 1. The Kier molecular flexibility index (Phi) is 8.49. The van der Waals surface area contributed by atoms with Gasteiger partial charge in [0, 0.05) is 44.0 Å².